The Bertz CT molecular complexity index is 908. The molecule has 1 heterocycles. The number of anilines is 1. The van der Waals surface area contributed by atoms with Gasteiger partial charge in [0.25, 0.3) is 5.91 Å². The van der Waals surface area contributed by atoms with Crippen molar-refractivity contribution in [3.8, 4) is 0 Å². The predicted octanol–water partition coefficient (Wildman–Crippen LogP) is 4.33. The van der Waals surface area contributed by atoms with Crippen LogP contribution in [0.25, 0.3) is 0 Å². The number of fused-ring (bicyclic) bond motifs is 1. The zero-order chi connectivity index (χ0) is 20.0. The molecule has 2 amide bonds. The lowest BCUT2D eigenvalue weighted by Crippen LogP contribution is -2.54. The third-order valence-corrected chi connectivity index (χ3v) is 4.81. The molecule has 7 heteroatoms. The first-order valence-corrected chi connectivity index (χ1v) is 9.19. The average Bonchev–Trinajstić information content (AvgIpc) is 2.76. The van der Waals surface area contributed by atoms with Gasteiger partial charge in [-0.05, 0) is 56.7 Å². The van der Waals surface area contributed by atoms with Gasteiger partial charge in [0.15, 0.2) is 5.54 Å². The second-order valence-corrected chi connectivity index (χ2v) is 8.33. The predicted molar refractivity (Wildman–Crippen MR) is 104 cm³/mol. The Balaban J connectivity index is 2.20. The van der Waals surface area contributed by atoms with Gasteiger partial charge in [-0.25, -0.2) is 9.18 Å². The van der Waals surface area contributed by atoms with Crippen molar-refractivity contribution < 1.29 is 18.7 Å². The standard InChI is InChI=1S/C20H20BrFN2O3/c1-19(2,3)27-18(26)23-20(12-5-8-14(22)9-6-12)15-11-13(21)7-10-16(15)24(4)17(20)25/h5-11H,1-4H3,(H,23,26). The van der Waals surface area contributed by atoms with Gasteiger partial charge in [-0.2, -0.15) is 0 Å². The number of nitrogens with zero attached hydrogens (tertiary/aromatic N) is 1. The molecule has 27 heavy (non-hydrogen) atoms. The molecule has 1 aliphatic heterocycles. The van der Waals surface area contributed by atoms with E-state index in [9.17, 15) is 14.0 Å². The SMILES string of the molecule is CN1C(=O)C(NC(=O)OC(C)(C)C)(c2ccc(F)cc2)c2cc(Br)ccc21. The zero-order valence-electron chi connectivity index (χ0n) is 15.5. The van der Waals surface area contributed by atoms with Crippen LogP contribution in [-0.2, 0) is 15.1 Å². The highest BCUT2D eigenvalue weighted by molar-refractivity contribution is 9.10. The molecule has 0 spiro atoms. The Labute approximate surface area is 165 Å². The van der Waals surface area contributed by atoms with Gasteiger partial charge in [-0.15, -0.1) is 0 Å². The molecule has 1 N–H and O–H groups in total. The molecule has 0 aromatic heterocycles. The van der Waals surface area contributed by atoms with Crippen molar-refractivity contribution in [2.24, 2.45) is 0 Å². The van der Waals surface area contributed by atoms with E-state index in [1.807, 2.05) is 6.07 Å². The van der Waals surface area contributed by atoms with Crippen LogP contribution in [0, 0.1) is 5.82 Å². The fourth-order valence-electron chi connectivity index (χ4n) is 3.21. The van der Waals surface area contributed by atoms with Crippen LogP contribution in [0.3, 0.4) is 0 Å². The van der Waals surface area contributed by atoms with Crippen molar-refractivity contribution >= 4 is 33.6 Å². The third-order valence-electron chi connectivity index (χ3n) is 4.32. The Morgan fingerprint density at radius 1 is 1.19 bits per heavy atom. The van der Waals surface area contributed by atoms with E-state index in [4.69, 9.17) is 4.74 Å². The normalized spacial score (nSPS) is 19.0. The molecule has 0 saturated heterocycles. The van der Waals surface area contributed by atoms with E-state index in [1.54, 1.807) is 40.0 Å². The van der Waals surface area contributed by atoms with Crippen LogP contribution in [-0.4, -0.2) is 24.6 Å². The van der Waals surface area contributed by atoms with E-state index in [2.05, 4.69) is 21.2 Å². The van der Waals surface area contributed by atoms with Gasteiger partial charge in [0.2, 0.25) is 0 Å². The minimum atomic E-state index is -1.51. The number of rotatable bonds is 2. The summed E-state index contributed by atoms with van der Waals surface area (Å²) >= 11 is 3.42. The van der Waals surface area contributed by atoms with Crippen LogP contribution in [0.4, 0.5) is 14.9 Å². The second-order valence-electron chi connectivity index (χ2n) is 7.41. The van der Waals surface area contributed by atoms with Gasteiger partial charge >= 0.3 is 6.09 Å². The number of hydrogen-bond donors (Lipinski definition) is 1. The summed E-state index contributed by atoms with van der Waals surface area (Å²) in [6.07, 6.45) is -0.735. The smallest absolute Gasteiger partial charge is 0.409 e. The van der Waals surface area contributed by atoms with E-state index in [0.717, 1.165) is 4.47 Å². The Morgan fingerprint density at radius 3 is 2.41 bits per heavy atom. The van der Waals surface area contributed by atoms with Gasteiger partial charge in [-0.3, -0.25) is 10.1 Å². The number of likely N-dealkylation sites (N-methyl/N-ethyl adjacent to an activating group) is 1. The van der Waals surface area contributed by atoms with Gasteiger partial charge in [0, 0.05) is 22.8 Å². The summed E-state index contributed by atoms with van der Waals surface area (Å²) in [7, 11) is 1.64. The molecule has 2 aromatic carbocycles. The van der Waals surface area contributed by atoms with Crippen molar-refractivity contribution in [2.75, 3.05) is 11.9 Å². The molecule has 2 aromatic rings. The van der Waals surface area contributed by atoms with Gasteiger partial charge in [0.1, 0.15) is 11.4 Å². The van der Waals surface area contributed by atoms with E-state index in [-0.39, 0.29) is 5.91 Å². The molecule has 1 atom stereocenters. The number of ether oxygens (including phenoxy) is 1. The molecule has 0 saturated carbocycles. The minimum Gasteiger partial charge on any atom is -0.444 e. The molecule has 3 rings (SSSR count). The van der Waals surface area contributed by atoms with Crippen LogP contribution in [0.1, 0.15) is 31.9 Å². The van der Waals surface area contributed by atoms with Crippen molar-refractivity contribution in [3.63, 3.8) is 0 Å². The highest BCUT2D eigenvalue weighted by Gasteiger charge is 2.53. The fourth-order valence-corrected chi connectivity index (χ4v) is 3.57. The van der Waals surface area contributed by atoms with Crippen molar-refractivity contribution in [2.45, 2.75) is 31.9 Å². The molecular weight excluding hydrogens is 415 g/mol. The summed E-state index contributed by atoms with van der Waals surface area (Å²) in [4.78, 5) is 27.4. The Morgan fingerprint density at radius 2 is 1.81 bits per heavy atom. The third kappa shape index (κ3) is 3.43. The number of alkyl carbamates (subject to hydrolysis) is 1. The maximum absolute atomic E-state index is 13.5. The number of amides is 2. The maximum atomic E-state index is 13.5. The first kappa shape index (κ1) is 19.4. The molecule has 0 aliphatic carbocycles. The number of benzene rings is 2. The summed E-state index contributed by atoms with van der Waals surface area (Å²) in [6, 6.07) is 10.9. The summed E-state index contributed by atoms with van der Waals surface area (Å²) in [5, 5.41) is 2.75. The van der Waals surface area contributed by atoms with Crippen molar-refractivity contribution in [3.05, 3.63) is 63.9 Å². The summed E-state index contributed by atoms with van der Waals surface area (Å²) < 4.78 is 19.6. The molecule has 0 radical (unpaired) electrons. The minimum absolute atomic E-state index is 0.354. The lowest BCUT2D eigenvalue weighted by Gasteiger charge is -2.31. The van der Waals surface area contributed by atoms with Crippen molar-refractivity contribution in [1.29, 1.82) is 0 Å². The van der Waals surface area contributed by atoms with Crippen LogP contribution in [0.2, 0.25) is 0 Å². The first-order valence-electron chi connectivity index (χ1n) is 8.40. The number of carbonyl (C=O) groups is 2. The summed E-state index contributed by atoms with van der Waals surface area (Å²) in [6.45, 7) is 5.22. The lowest BCUT2D eigenvalue weighted by molar-refractivity contribution is -0.122. The molecule has 0 fully saturated rings. The molecule has 1 unspecified atom stereocenters. The molecule has 142 valence electrons. The lowest BCUT2D eigenvalue weighted by atomic mass is 9.84. The Hall–Kier alpha value is -2.41. The number of halogens is 2. The topological polar surface area (TPSA) is 58.6 Å². The van der Waals surface area contributed by atoms with Crippen LogP contribution >= 0.6 is 15.9 Å². The molecule has 0 bridgehead atoms. The first-order chi connectivity index (χ1) is 12.5. The summed E-state index contributed by atoms with van der Waals surface area (Å²) in [5.41, 5.74) is -0.556. The monoisotopic (exact) mass is 434 g/mol. The maximum Gasteiger partial charge on any atom is 0.409 e. The highest BCUT2D eigenvalue weighted by atomic mass is 79.9. The Kier molecular flexibility index (Phi) is 4.76. The van der Waals surface area contributed by atoms with Crippen LogP contribution in [0.15, 0.2) is 46.9 Å². The largest absolute Gasteiger partial charge is 0.444 e. The molecular formula is C20H20BrFN2O3. The average molecular weight is 435 g/mol. The highest BCUT2D eigenvalue weighted by Crippen LogP contribution is 2.45. The van der Waals surface area contributed by atoms with Gasteiger partial charge in [0.05, 0.1) is 0 Å². The fraction of sp³-hybridized carbons (Fsp3) is 0.300. The van der Waals surface area contributed by atoms with Gasteiger partial charge in [-0.1, -0.05) is 28.1 Å². The number of carbonyl (C=O) groups excluding carboxylic acids is 2. The van der Waals surface area contributed by atoms with E-state index >= 15 is 0 Å². The quantitative estimate of drug-likeness (QED) is 0.764. The summed E-state index contributed by atoms with van der Waals surface area (Å²) in [5.74, 6) is -0.785. The number of nitrogens with one attached hydrogen (secondary N) is 1. The van der Waals surface area contributed by atoms with E-state index in [0.29, 0.717) is 16.8 Å². The van der Waals surface area contributed by atoms with Crippen molar-refractivity contribution in [1.82, 2.24) is 5.32 Å². The van der Waals surface area contributed by atoms with E-state index < -0.39 is 23.1 Å². The second kappa shape index (κ2) is 6.64. The molecule has 1 aliphatic rings. The van der Waals surface area contributed by atoms with E-state index in [1.165, 1.54) is 29.2 Å². The van der Waals surface area contributed by atoms with Crippen LogP contribution in [0.5, 0.6) is 0 Å². The zero-order valence-corrected chi connectivity index (χ0v) is 17.1. The van der Waals surface area contributed by atoms with Crippen LogP contribution < -0.4 is 10.2 Å². The van der Waals surface area contributed by atoms with Gasteiger partial charge < -0.3 is 9.64 Å². The number of hydrogen-bond acceptors (Lipinski definition) is 3. The molecule has 5 nitrogen and oxygen atoms in total.